The van der Waals surface area contributed by atoms with Gasteiger partial charge in [-0.05, 0) is 82.2 Å². The van der Waals surface area contributed by atoms with Gasteiger partial charge < -0.3 is 20.3 Å². The van der Waals surface area contributed by atoms with E-state index in [1.807, 2.05) is 25.1 Å². The van der Waals surface area contributed by atoms with Crippen LogP contribution in [0.25, 0.3) is 10.6 Å². The van der Waals surface area contributed by atoms with E-state index in [1.165, 1.54) is 17.0 Å². The number of hydrogen-bond acceptors (Lipinski definition) is 8. The maximum absolute atomic E-state index is 12.6. The van der Waals surface area contributed by atoms with Gasteiger partial charge in [0.1, 0.15) is 0 Å². The molecule has 0 spiro atoms. The minimum atomic E-state index is -0.0248. The van der Waals surface area contributed by atoms with E-state index in [0.717, 1.165) is 93.2 Å². The number of nitrogens with zero attached hydrogens (tertiary/aromatic N) is 4. The Labute approximate surface area is 284 Å². The van der Waals surface area contributed by atoms with Crippen molar-refractivity contribution in [2.75, 3.05) is 41.8 Å². The number of allylic oxidation sites excluding steroid dienone is 10. The monoisotopic (exact) mass is 652 g/mol. The van der Waals surface area contributed by atoms with Gasteiger partial charge in [0.05, 0.1) is 29.5 Å². The summed E-state index contributed by atoms with van der Waals surface area (Å²) in [5.74, 6) is 0.485. The Hall–Kier alpha value is -4.34. The lowest BCUT2D eigenvalue weighted by molar-refractivity contribution is -0.116. The van der Waals surface area contributed by atoms with Crippen LogP contribution in [-0.4, -0.2) is 47.2 Å². The van der Waals surface area contributed by atoms with E-state index >= 15 is 0 Å². The van der Waals surface area contributed by atoms with Crippen LogP contribution in [0.15, 0.2) is 97.3 Å². The van der Waals surface area contributed by atoms with E-state index in [0.29, 0.717) is 17.5 Å². The fraction of sp³-hybridized carbons (Fsp3) is 0.368. The number of nitrogens with one attached hydrogen (secondary N) is 2. The maximum Gasteiger partial charge on any atom is 0.227 e. The molecule has 0 aliphatic carbocycles. The van der Waals surface area contributed by atoms with E-state index in [2.05, 4.69) is 105 Å². The van der Waals surface area contributed by atoms with Crippen LogP contribution in [0.3, 0.4) is 0 Å². The van der Waals surface area contributed by atoms with Crippen molar-refractivity contribution < 1.29 is 9.53 Å². The molecule has 1 aliphatic rings. The molecular formula is C38H48N6O2S. The van der Waals surface area contributed by atoms with Gasteiger partial charge in [-0.2, -0.15) is 0 Å². The Kier molecular flexibility index (Phi) is 15.7. The van der Waals surface area contributed by atoms with Gasteiger partial charge in [-0.3, -0.25) is 4.79 Å². The number of thiazole rings is 1. The summed E-state index contributed by atoms with van der Waals surface area (Å²) in [4.78, 5) is 29.5. The third kappa shape index (κ3) is 13.1. The summed E-state index contributed by atoms with van der Waals surface area (Å²) in [5.41, 5.74) is 3.68. The lowest BCUT2D eigenvalue weighted by Gasteiger charge is -2.28. The fourth-order valence-electron chi connectivity index (χ4n) is 4.87. The van der Waals surface area contributed by atoms with Crippen molar-refractivity contribution in [1.29, 1.82) is 0 Å². The summed E-state index contributed by atoms with van der Waals surface area (Å²) in [6.07, 6.45) is 30.7. The molecular weight excluding hydrogens is 605 g/mol. The summed E-state index contributed by atoms with van der Waals surface area (Å²) in [7, 11) is 0. The predicted molar refractivity (Wildman–Crippen MR) is 198 cm³/mol. The van der Waals surface area contributed by atoms with Crippen LogP contribution in [0, 0.1) is 6.92 Å². The Morgan fingerprint density at radius 1 is 0.872 bits per heavy atom. The first-order chi connectivity index (χ1) is 23.1. The minimum Gasteiger partial charge on any atom is -0.378 e. The van der Waals surface area contributed by atoms with Crippen molar-refractivity contribution in [3.8, 4) is 10.6 Å². The van der Waals surface area contributed by atoms with E-state index < -0.39 is 0 Å². The first kappa shape index (κ1) is 35.5. The van der Waals surface area contributed by atoms with Gasteiger partial charge in [0.25, 0.3) is 0 Å². The van der Waals surface area contributed by atoms with Crippen molar-refractivity contribution in [3.63, 3.8) is 0 Å². The first-order valence-electron chi connectivity index (χ1n) is 16.7. The van der Waals surface area contributed by atoms with Gasteiger partial charge >= 0.3 is 0 Å². The number of morpholine rings is 1. The average Bonchev–Trinajstić information content (AvgIpc) is 3.46. The van der Waals surface area contributed by atoms with E-state index in [9.17, 15) is 4.79 Å². The lowest BCUT2D eigenvalue weighted by Crippen LogP contribution is -2.36. The molecule has 0 bridgehead atoms. The molecule has 3 heterocycles. The van der Waals surface area contributed by atoms with Gasteiger partial charge in [0.15, 0.2) is 5.13 Å². The minimum absolute atomic E-state index is 0.0248. The molecule has 1 fully saturated rings. The second-order valence-corrected chi connectivity index (χ2v) is 12.1. The third-order valence-corrected chi connectivity index (χ3v) is 8.46. The SMILES string of the molecule is CC/C=C\CC=CCC=CC/C=C\C/C=C\CCCC(=O)Nc1nc(C)c(-c2ccnc(Nc3ccc(N4CCOCC4)cc3)n2)s1. The van der Waals surface area contributed by atoms with Crippen LogP contribution in [0.5, 0.6) is 0 Å². The third-order valence-electron chi connectivity index (χ3n) is 7.36. The van der Waals surface area contributed by atoms with E-state index in [-0.39, 0.29) is 5.91 Å². The van der Waals surface area contributed by atoms with Crippen molar-refractivity contribution in [2.24, 2.45) is 0 Å². The maximum atomic E-state index is 12.6. The number of rotatable bonds is 18. The van der Waals surface area contributed by atoms with Gasteiger partial charge in [-0.1, -0.05) is 79.0 Å². The number of unbranched alkanes of at least 4 members (excludes halogenated alkanes) is 1. The van der Waals surface area contributed by atoms with Gasteiger partial charge in [0.2, 0.25) is 11.9 Å². The van der Waals surface area contributed by atoms with Crippen LogP contribution < -0.4 is 15.5 Å². The number of hydrogen-bond donors (Lipinski definition) is 2. The Morgan fingerprint density at radius 2 is 1.51 bits per heavy atom. The Balaban J connectivity index is 1.14. The number of carbonyl (C=O) groups is 1. The van der Waals surface area contributed by atoms with Crippen molar-refractivity contribution in [2.45, 2.75) is 65.2 Å². The second kappa shape index (κ2) is 20.7. The standard InChI is InChI=1S/C38H48N6O2S/c1-3-4-5-6-7-8-9-10-11-12-13-14-15-16-17-18-19-20-35(45)43-38-40-31(2)36(47-38)34-25-26-39-37(42-34)41-32-21-23-33(24-22-32)44-27-29-46-30-28-44/h4-5,7-8,10-11,13-14,16-17,21-26H,3,6,9,12,15,18-20,27-30H2,1-2H3,(H,39,41,42)(H,40,43,45)/b5-4-,8-7?,11-10?,14-13-,17-16-. The Morgan fingerprint density at radius 3 is 2.17 bits per heavy atom. The zero-order valence-corrected chi connectivity index (χ0v) is 28.6. The molecule has 1 aliphatic heterocycles. The zero-order chi connectivity index (χ0) is 32.9. The molecule has 3 aromatic rings. The first-order valence-corrected chi connectivity index (χ1v) is 17.5. The molecule has 2 aromatic heterocycles. The second-order valence-electron chi connectivity index (χ2n) is 11.1. The molecule has 4 rings (SSSR count). The quantitative estimate of drug-likeness (QED) is 0.104. The molecule has 0 saturated carbocycles. The topological polar surface area (TPSA) is 92.3 Å². The number of anilines is 4. The fourth-order valence-corrected chi connectivity index (χ4v) is 5.82. The lowest BCUT2D eigenvalue weighted by atomic mass is 10.2. The van der Waals surface area contributed by atoms with E-state index in [1.54, 1.807) is 6.20 Å². The highest BCUT2D eigenvalue weighted by molar-refractivity contribution is 7.19. The number of carbonyl (C=O) groups excluding carboxylic acids is 1. The van der Waals surface area contributed by atoms with Crippen molar-refractivity contribution in [3.05, 3.63) is 103 Å². The summed E-state index contributed by atoms with van der Waals surface area (Å²) >= 11 is 1.43. The molecule has 9 heteroatoms. The zero-order valence-electron chi connectivity index (χ0n) is 27.7. The number of ether oxygens (including phenoxy) is 1. The van der Waals surface area contributed by atoms with Crippen LogP contribution >= 0.6 is 11.3 Å². The summed E-state index contributed by atoms with van der Waals surface area (Å²) < 4.78 is 5.45. The molecule has 2 N–H and O–H groups in total. The molecule has 1 amide bonds. The van der Waals surface area contributed by atoms with Crippen LogP contribution in [0.1, 0.15) is 64.0 Å². The van der Waals surface area contributed by atoms with Gasteiger partial charge in [-0.25, -0.2) is 15.0 Å². The number of aryl methyl sites for hydroxylation is 1. The number of benzene rings is 1. The molecule has 1 saturated heterocycles. The molecule has 1 aromatic carbocycles. The van der Waals surface area contributed by atoms with Crippen LogP contribution in [-0.2, 0) is 9.53 Å². The highest BCUT2D eigenvalue weighted by atomic mass is 32.1. The summed E-state index contributed by atoms with van der Waals surface area (Å²) in [6, 6.07) is 10.1. The molecule has 0 radical (unpaired) electrons. The normalized spacial score (nSPS) is 14.0. The molecule has 8 nitrogen and oxygen atoms in total. The Bertz CT molecular complexity index is 1520. The molecule has 47 heavy (non-hydrogen) atoms. The summed E-state index contributed by atoms with van der Waals surface area (Å²) in [6.45, 7) is 7.41. The highest BCUT2D eigenvalue weighted by Gasteiger charge is 2.15. The highest BCUT2D eigenvalue weighted by Crippen LogP contribution is 2.32. The average molecular weight is 653 g/mol. The van der Waals surface area contributed by atoms with Crippen molar-refractivity contribution >= 4 is 39.7 Å². The molecule has 0 unspecified atom stereocenters. The van der Waals surface area contributed by atoms with Crippen LogP contribution in [0.2, 0.25) is 0 Å². The number of amides is 1. The summed E-state index contributed by atoms with van der Waals surface area (Å²) in [5, 5.41) is 6.85. The predicted octanol–water partition coefficient (Wildman–Crippen LogP) is 9.35. The molecule has 248 valence electrons. The number of aromatic nitrogens is 3. The smallest absolute Gasteiger partial charge is 0.227 e. The van der Waals surface area contributed by atoms with E-state index in [4.69, 9.17) is 9.72 Å². The largest absolute Gasteiger partial charge is 0.378 e. The van der Waals surface area contributed by atoms with Gasteiger partial charge in [-0.15, -0.1) is 0 Å². The van der Waals surface area contributed by atoms with Crippen LogP contribution in [0.4, 0.5) is 22.5 Å². The molecule has 0 atom stereocenters. The van der Waals surface area contributed by atoms with Gasteiger partial charge in [0, 0.05) is 37.1 Å². The van der Waals surface area contributed by atoms with Crippen molar-refractivity contribution in [1.82, 2.24) is 15.0 Å².